The number of hydrogen-bond acceptors (Lipinski definition) is 5. The van der Waals surface area contributed by atoms with Gasteiger partial charge >= 0.3 is 12.1 Å². The molecule has 0 spiro atoms. The molecule has 0 rings (SSSR count). The van der Waals surface area contributed by atoms with Crippen molar-refractivity contribution >= 4 is 11.8 Å². The summed E-state index contributed by atoms with van der Waals surface area (Å²) in [5.74, 6) is -2.57. The fraction of sp³-hybridized carbons (Fsp3) is 0.556. The highest BCUT2D eigenvalue weighted by Gasteiger charge is 2.35. The van der Waals surface area contributed by atoms with Crippen LogP contribution in [0, 0.1) is 0 Å². The molecule has 0 aliphatic heterocycles. The number of alkyl halides is 3. The summed E-state index contributed by atoms with van der Waals surface area (Å²) in [6.07, 6.45) is -3.45. The maximum Gasteiger partial charge on any atom is 0.454 e. The summed E-state index contributed by atoms with van der Waals surface area (Å²) >= 11 is 0. The third kappa shape index (κ3) is 6.69. The van der Waals surface area contributed by atoms with Crippen molar-refractivity contribution in [1.82, 2.24) is 5.32 Å². The van der Waals surface area contributed by atoms with Gasteiger partial charge in [0.05, 0.1) is 7.11 Å². The second kappa shape index (κ2) is 7.02. The molecule has 0 aromatic rings. The maximum atomic E-state index is 11.7. The monoisotopic (exact) mass is 254 g/mol. The highest BCUT2D eigenvalue weighted by atomic mass is 19.4. The average molecular weight is 254 g/mol. The Labute approximate surface area is 95.8 Å². The summed E-state index contributed by atoms with van der Waals surface area (Å²) in [7, 11) is 1.17. The number of allylic oxidation sites excluding steroid dienone is 1. The van der Waals surface area contributed by atoms with Gasteiger partial charge in [0.25, 0.3) is 5.78 Å². The number of carbonyl (C=O) groups excluding carboxylic acids is 2. The van der Waals surface area contributed by atoms with Crippen LogP contribution < -0.4 is 11.1 Å². The maximum absolute atomic E-state index is 11.7. The minimum Gasteiger partial charge on any atom is -0.468 e. The first-order valence-electron chi connectivity index (χ1n) is 4.61. The number of hydrogen-bond donors (Lipinski definition) is 2. The lowest BCUT2D eigenvalue weighted by Gasteiger charge is -2.08. The molecule has 0 fully saturated rings. The molecule has 0 saturated heterocycles. The third-order valence-electron chi connectivity index (χ3n) is 1.68. The SMILES string of the molecule is COC(=O)[C@@H](N)CNCC=CC(=O)C(F)(F)F. The molecular formula is C9H13F3N2O3. The summed E-state index contributed by atoms with van der Waals surface area (Å²) in [5, 5.41) is 2.57. The van der Waals surface area contributed by atoms with Crippen LogP contribution in [0.2, 0.25) is 0 Å². The predicted molar refractivity (Wildman–Crippen MR) is 53.1 cm³/mol. The van der Waals surface area contributed by atoms with Crippen LogP contribution in [0.4, 0.5) is 13.2 Å². The standard InChI is InChI=1S/C9H13F3N2O3/c1-17-8(16)6(13)5-14-4-2-3-7(15)9(10,11)12/h2-3,6,14H,4-5,13H2,1H3/t6-/m0/s1. The highest BCUT2D eigenvalue weighted by molar-refractivity contribution is 5.94. The Morgan fingerprint density at radius 1 is 1.47 bits per heavy atom. The molecule has 0 aliphatic rings. The molecule has 8 heteroatoms. The summed E-state index contributed by atoms with van der Waals surface area (Å²) < 4.78 is 39.5. The zero-order chi connectivity index (χ0) is 13.5. The molecule has 0 aromatic heterocycles. The first-order chi connectivity index (χ1) is 7.79. The normalized spacial score (nSPS) is 13.7. The van der Waals surface area contributed by atoms with Crippen molar-refractivity contribution in [2.75, 3.05) is 20.2 Å². The van der Waals surface area contributed by atoms with E-state index in [4.69, 9.17) is 5.73 Å². The molecular weight excluding hydrogens is 241 g/mol. The van der Waals surface area contributed by atoms with Gasteiger partial charge in [-0.25, -0.2) is 0 Å². The number of esters is 1. The lowest BCUT2D eigenvalue weighted by molar-refractivity contribution is -0.165. The number of halogens is 3. The number of rotatable bonds is 6. The Bertz CT molecular complexity index is 302. The molecule has 0 aliphatic carbocycles. The molecule has 0 aromatic carbocycles. The summed E-state index contributed by atoms with van der Waals surface area (Å²) in [6.45, 7) is 0.0315. The highest BCUT2D eigenvalue weighted by Crippen LogP contribution is 2.15. The summed E-state index contributed by atoms with van der Waals surface area (Å²) in [4.78, 5) is 21.2. The largest absolute Gasteiger partial charge is 0.468 e. The Morgan fingerprint density at radius 3 is 2.53 bits per heavy atom. The van der Waals surface area contributed by atoms with Crippen molar-refractivity contribution in [2.24, 2.45) is 5.73 Å². The molecule has 0 unspecified atom stereocenters. The van der Waals surface area contributed by atoms with Crippen molar-refractivity contribution in [3.8, 4) is 0 Å². The number of ether oxygens (including phenoxy) is 1. The fourth-order valence-corrected chi connectivity index (χ4v) is 0.817. The van der Waals surface area contributed by atoms with Crippen LogP contribution in [-0.2, 0) is 14.3 Å². The van der Waals surface area contributed by atoms with E-state index in [-0.39, 0.29) is 13.1 Å². The van der Waals surface area contributed by atoms with Crippen LogP contribution in [-0.4, -0.2) is 44.2 Å². The van der Waals surface area contributed by atoms with Crippen molar-refractivity contribution in [3.05, 3.63) is 12.2 Å². The Morgan fingerprint density at radius 2 is 2.06 bits per heavy atom. The lowest BCUT2D eigenvalue weighted by Crippen LogP contribution is -2.41. The van der Waals surface area contributed by atoms with Gasteiger partial charge in [-0.2, -0.15) is 13.2 Å². The van der Waals surface area contributed by atoms with Gasteiger partial charge in [-0.1, -0.05) is 6.08 Å². The summed E-state index contributed by atoms with van der Waals surface area (Å²) in [5.41, 5.74) is 5.33. The van der Waals surface area contributed by atoms with E-state index in [2.05, 4.69) is 10.1 Å². The quantitative estimate of drug-likeness (QED) is 0.388. The zero-order valence-electron chi connectivity index (χ0n) is 9.08. The van der Waals surface area contributed by atoms with Crippen molar-refractivity contribution in [3.63, 3.8) is 0 Å². The number of nitrogens with one attached hydrogen (secondary N) is 1. The van der Waals surface area contributed by atoms with Crippen LogP contribution in [0.25, 0.3) is 0 Å². The van der Waals surface area contributed by atoms with Crippen LogP contribution in [0.5, 0.6) is 0 Å². The van der Waals surface area contributed by atoms with Gasteiger partial charge in [0.1, 0.15) is 6.04 Å². The number of carbonyl (C=O) groups is 2. The average Bonchev–Trinajstić information content (AvgIpc) is 2.25. The fourth-order valence-electron chi connectivity index (χ4n) is 0.817. The van der Waals surface area contributed by atoms with E-state index in [9.17, 15) is 22.8 Å². The van der Waals surface area contributed by atoms with E-state index < -0.39 is 24.0 Å². The minimum absolute atomic E-state index is 0.00743. The predicted octanol–water partition coefficient (Wildman–Crippen LogP) is -0.236. The third-order valence-corrected chi connectivity index (χ3v) is 1.68. The van der Waals surface area contributed by atoms with Gasteiger partial charge in [0.15, 0.2) is 0 Å². The second-order valence-corrected chi connectivity index (χ2v) is 3.05. The molecule has 0 radical (unpaired) electrons. The molecule has 98 valence electrons. The van der Waals surface area contributed by atoms with Gasteiger partial charge < -0.3 is 15.8 Å². The topological polar surface area (TPSA) is 81.4 Å². The van der Waals surface area contributed by atoms with Crippen molar-refractivity contribution < 1.29 is 27.5 Å². The van der Waals surface area contributed by atoms with E-state index in [1.165, 1.54) is 7.11 Å². The van der Waals surface area contributed by atoms with E-state index in [0.29, 0.717) is 6.08 Å². The first kappa shape index (κ1) is 15.6. The van der Waals surface area contributed by atoms with Crippen molar-refractivity contribution in [1.29, 1.82) is 0 Å². The minimum atomic E-state index is -4.86. The molecule has 0 heterocycles. The summed E-state index contributed by atoms with van der Waals surface area (Å²) in [6, 6.07) is -0.897. The molecule has 0 amide bonds. The van der Waals surface area contributed by atoms with Gasteiger partial charge in [-0.3, -0.25) is 9.59 Å². The molecule has 0 saturated carbocycles. The number of ketones is 1. The number of methoxy groups -OCH3 is 1. The molecule has 1 atom stereocenters. The van der Waals surface area contributed by atoms with Gasteiger partial charge in [-0.15, -0.1) is 0 Å². The van der Waals surface area contributed by atoms with Crippen LogP contribution in [0.3, 0.4) is 0 Å². The molecule has 5 nitrogen and oxygen atoms in total. The molecule has 0 bridgehead atoms. The second-order valence-electron chi connectivity index (χ2n) is 3.05. The van der Waals surface area contributed by atoms with Crippen LogP contribution >= 0.6 is 0 Å². The smallest absolute Gasteiger partial charge is 0.454 e. The first-order valence-corrected chi connectivity index (χ1v) is 4.61. The van der Waals surface area contributed by atoms with Gasteiger partial charge in [-0.05, 0) is 6.08 Å². The Kier molecular flexibility index (Phi) is 6.44. The van der Waals surface area contributed by atoms with E-state index in [1.54, 1.807) is 0 Å². The molecule has 17 heavy (non-hydrogen) atoms. The zero-order valence-corrected chi connectivity index (χ0v) is 9.08. The molecule has 3 N–H and O–H groups in total. The van der Waals surface area contributed by atoms with Crippen molar-refractivity contribution in [2.45, 2.75) is 12.2 Å². The van der Waals surface area contributed by atoms with E-state index in [0.717, 1.165) is 6.08 Å². The Hall–Kier alpha value is -1.41. The van der Waals surface area contributed by atoms with E-state index in [1.807, 2.05) is 0 Å². The van der Waals surface area contributed by atoms with E-state index >= 15 is 0 Å². The lowest BCUT2D eigenvalue weighted by atomic mass is 10.3. The van der Waals surface area contributed by atoms with Crippen LogP contribution in [0.1, 0.15) is 0 Å². The van der Waals surface area contributed by atoms with Gasteiger partial charge in [0.2, 0.25) is 0 Å². The van der Waals surface area contributed by atoms with Crippen LogP contribution in [0.15, 0.2) is 12.2 Å². The number of nitrogens with two attached hydrogens (primary N) is 1. The Balaban J connectivity index is 3.83. The van der Waals surface area contributed by atoms with Gasteiger partial charge in [0, 0.05) is 13.1 Å².